The molecule has 0 atom stereocenters. The summed E-state index contributed by atoms with van der Waals surface area (Å²) in [5.41, 5.74) is 0. The van der Waals surface area contributed by atoms with E-state index < -0.39 is 0 Å². The van der Waals surface area contributed by atoms with Crippen molar-refractivity contribution in [2.24, 2.45) is 0 Å². The van der Waals surface area contributed by atoms with Crippen molar-refractivity contribution in [3.8, 4) is 0 Å². The Hall–Kier alpha value is -2.51. The van der Waals surface area contributed by atoms with Crippen LogP contribution in [0.15, 0.2) is 24.8 Å². The van der Waals surface area contributed by atoms with E-state index >= 15 is 0 Å². The van der Waals surface area contributed by atoms with Crippen molar-refractivity contribution in [1.82, 2.24) is 19.9 Å². The first-order chi connectivity index (χ1) is 11.8. The lowest BCUT2D eigenvalue weighted by Gasteiger charge is -2.35. The van der Waals surface area contributed by atoms with E-state index in [1.54, 1.807) is 0 Å². The molecule has 2 fully saturated rings. The van der Waals surface area contributed by atoms with Gasteiger partial charge in [0.1, 0.15) is 12.1 Å². The zero-order valence-electron chi connectivity index (χ0n) is 13.5. The molecular weight excluding hydrogens is 309 g/mol. The minimum Gasteiger partial charge on any atom is -0.356 e. The van der Waals surface area contributed by atoms with Gasteiger partial charge in [-0.3, -0.25) is 0 Å². The number of hydrogen-bond acceptors (Lipinski definition) is 7. The molecule has 2 saturated heterocycles. The van der Waals surface area contributed by atoms with Crippen molar-refractivity contribution in [3.63, 3.8) is 0 Å². The van der Waals surface area contributed by atoms with Gasteiger partial charge < -0.3 is 14.7 Å². The molecule has 0 spiro atoms. The highest BCUT2D eigenvalue weighted by atomic mass is 19.1. The highest BCUT2D eigenvalue weighted by Crippen LogP contribution is 2.22. The number of anilines is 3. The molecule has 0 saturated carbocycles. The van der Waals surface area contributed by atoms with Crippen molar-refractivity contribution in [1.29, 1.82) is 0 Å². The average Bonchev–Trinajstić information content (AvgIpc) is 3.17. The molecule has 126 valence electrons. The molecule has 0 unspecified atom stereocenters. The van der Waals surface area contributed by atoms with E-state index in [2.05, 4.69) is 24.8 Å². The Kier molecular flexibility index (Phi) is 4.10. The van der Waals surface area contributed by atoms with Crippen LogP contribution in [0.1, 0.15) is 12.8 Å². The minimum atomic E-state index is -0.377. The van der Waals surface area contributed by atoms with Crippen LogP contribution in [0.5, 0.6) is 0 Å². The molecule has 2 aromatic rings. The van der Waals surface area contributed by atoms with Crippen LogP contribution in [0.25, 0.3) is 0 Å². The summed E-state index contributed by atoms with van der Waals surface area (Å²) in [6.45, 7) is 4.99. The normalized spacial score (nSPS) is 18.3. The number of piperazine rings is 1. The molecule has 0 aromatic carbocycles. The van der Waals surface area contributed by atoms with Crippen molar-refractivity contribution in [2.75, 3.05) is 54.0 Å². The molecule has 0 amide bonds. The molecule has 7 nitrogen and oxygen atoms in total. The molecule has 24 heavy (non-hydrogen) atoms. The molecule has 2 aliphatic heterocycles. The van der Waals surface area contributed by atoms with Gasteiger partial charge in [0.05, 0.1) is 6.20 Å². The molecule has 4 heterocycles. The lowest BCUT2D eigenvalue weighted by Crippen LogP contribution is -2.47. The SMILES string of the molecule is Fc1cncnc1N1CCN(c2nccc(N3CCCC3)n2)CC1. The second-order valence-electron chi connectivity index (χ2n) is 6.08. The second kappa shape index (κ2) is 6.54. The van der Waals surface area contributed by atoms with Crippen LogP contribution in [-0.2, 0) is 0 Å². The van der Waals surface area contributed by atoms with E-state index in [-0.39, 0.29) is 5.82 Å². The number of rotatable bonds is 3. The second-order valence-corrected chi connectivity index (χ2v) is 6.08. The molecule has 8 heteroatoms. The van der Waals surface area contributed by atoms with E-state index in [4.69, 9.17) is 4.98 Å². The Morgan fingerprint density at radius 1 is 0.875 bits per heavy atom. The molecule has 0 bridgehead atoms. The standard InChI is InChI=1S/C16H20FN7/c17-13-11-18-12-20-15(13)23-7-9-24(10-8-23)16-19-4-3-14(21-16)22-5-1-2-6-22/h3-4,11-12H,1-2,5-10H2. The van der Waals surface area contributed by atoms with Crippen LogP contribution >= 0.6 is 0 Å². The summed E-state index contributed by atoms with van der Waals surface area (Å²) in [5.74, 6) is 1.75. The summed E-state index contributed by atoms with van der Waals surface area (Å²) in [4.78, 5) is 23.3. The maximum atomic E-state index is 13.8. The van der Waals surface area contributed by atoms with Crippen LogP contribution in [0.3, 0.4) is 0 Å². The van der Waals surface area contributed by atoms with Gasteiger partial charge in [0, 0.05) is 45.5 Å². The summed E-state index contributed by atoms with van der Waals surface area (Å²) in [7, 11) is 0. The van der Waals surface area contributed by atoms with Gasteiger partial charge in [-0.05, 0) is 18.9 Å². The quantitative estimate of drug-likeness (QED) is 0.842. The lowest BCUT2D eigenvalue weighted by atomic mass is 10.3. The van der Waals surface area contributed by atoms with E-state index in [9.17, 15) is 4.39 Å². The maximum absolute atomic E-state index is 13.8. The van der Waals surface area contributed by atoms with Crippen LogP contribution in [0, 0.1) is 5.82 Å². The Labute approximate surface area is 140 Å². The van der Waals surface area contributed by atoms with E-state index in [0.717, 1.165) is 37.9 Å². The molecule has 0 aliphatic carbocycles. The Bertz CT molecular complexity index is 696. The lowest BCUT2D eigenvalue weighted by molar-refractivity contribution is 0.579. The van der Waals surface area contributed by atoms with Crippen molar-refractivity contribution in [2.45, 2.75) is 12.8 Å². The average molecular weight is 329 g/mol. The van der Waals surface area contributed by atoms with Gasteiger partial charge in [0.15, 0.2) is 11.6 Å². The van der Waals surface area contributed by atoms with E-state index in [1.807, 2.05) is 17.2 Å². The predicted molar refractivity (Wildman–Crippen MR) is 89.9 cm³/mol. The Balaban J connectivity index is 1.44. The van der Waals surface area contributed by atoms with Gasteiger partial charge >= 0.3 is 0 Å². The van der Waals surface area contributed by atoms with Crippen LogP contribution in [0.4, 0.5) is 22.0 Å². The van der Waals surface area contributed by atoms with E-state index in [0.29, 0.717) is 18.9 Å². The number of nitrogens with zero attached hydrogens (tertiary/aromatic N) is 7. The van der Waals surface area contributed by atoms with Crippen molar-refractivity contribution >= 4 is 17.6 Å². The van der Waals surface area contributed by atoms with Crippen LogP contribution in [0.2, 0.25) is 0 Å². The largest absolute Gasteiger partial charge is 0.356 e. The van der Waals surface area contributed by atoms with E-state index in [1.165, 1.54) is 25.4 Å². The third kappa shape index (κ3) is 2.95. The van der Waals surface area contributed by atoms with Gasteiger partial charge in [0.25, 0.3) is 0 Å². The summed E-state index contributed by atoms with van der Waals surface area (Å²) < 4.78 is 13.8. The molecule has 0 radical (unpaired) electrons. The van der Waals surface area contributed by atoms with Gasteiger partial charge in [-0.15, -0.1) is 0 Å². The third-order valence-corrected chi connectivity index (χ3v) is 4.57. The van der Waals surface area contributed by atoms with Gasteiger partial charge in [0.2, 0.25) is 5.95 Å². The Morgan fingerprint density at radius 3 is 2.38 bits per heavy atom. The smallest absolute Gasteiger partial charge is 0.227 e. The van der Waals surface area contributed by atoms with Gasteiger partial charge in [-0.2, -0.15) is 4.98 Å². The summed E-state index contributed by atoms with van der Waals surface area (Å²) in [5, 5.41) is 0. The molecular formula is C16H20FN7. The molecule has 4 rings (SSSR count). The molecule has 2 aliphatic rings. The fourth-order valence-corrected chi connectivity index (χ4v) is 3.27. The zero-order chi connectivity index (χ0) is 16.4. The van der Waals surface area contributed by atoms with Gasteiger partial charge in [-0.25, -0.2) is 19.3 Å². The highest BCUT2D eigenvalue weighted by molar-refractivity contribution is 5.46. The number of aromatic nitrogens is 4. The first-order valence-electron chi connectivity index (χ1n) is 8.35. The zero-order valence-corrected chi connectivity index (χ0v) is 13.5. The van der Waals surface area contributed by atoms with Crippen molar-refractivity contribution < 1.29 is 4.39 Å². The first-order valence-corrected chi connectivity index (χ1v) is 8.35. The first kappa shape index (κ1) is 15.0. The topological polar surface area (TPSA) is 61.3 Å². The van der Waals surface area contributed by atoms with Crippen molar-refractivity contribution in [3.05, 3.63) is 30.6 Å². The number of hydrogen-bond donors (Lipinski definition) is 0. The molecule has 0 N–H and O–H groups in total. The molecule has 2 aromatic heterocycles. The third-order valence-electron chi connectivity index (χ3n) is 4.57. The number of halogens is 1. The fraction of sp³-hybridized carbons (Fsp3) is 0.500. The summed E-state index contributed by atoms with van der Waals surface area (Å²) in [6, 6.07) is 1.97. The van der Waals surface area contributed by atoms with Gasteiger partial charge in [-0.1, -0.05) is 0 Å². The van der Waals surface area contributed by atoms with Crippen LogP contribution in [-0.4, -0.2) is 59.2 Å². The monoisotopic (exact) mass is 329 g/mol. The van der Waals surface area contributed by atoms with Crippen LogP contribution < -0.4 is 14.7 Å². The summed E-state index contributed by atoms with van der Waals surface area (Å²) in [6.07, 6.45) is 6.86. The fourth-order valence-electron chi connectivity index (χ4n) is 3.27. The Morgan fingerprint density at radius 2 is 1.62 bits per heavy atom. The highest BCUT2D eigenvalue weighted by Gasteiger charge is 2.23. The minimum absolute atomic E-state index is 0.372. The predicted octanol–water partition coefficient (Wildman–Crippen LogP) is 1.33. The maximum Gasteiger partial charge on any atom is 0.227 e. The summed E-state index contributed by atoms with van der Waals surface area (Å²) >= 11 is 0.